The number of carbonyl (C=O) groups is 3. The summed E-state index contributed by atoms with van der Waals surface area (Å²) in [7, 11) is 1.87. The summed E-state index contributed by atoms with van der Waals surface area (Å²) in [6.45, 7) is 7.06. The summed E-state index contributed by atoms with van der Waals surface area (Å²) in [6, 6.07) is 22.1. The normalized spacial score (nSPS) is 25.6. The third-order valence-corrected chi connectivity index (χ3v) is 18.8. The lowest BCUT2D eigenvalue weighted by Gasteiger charge is -2.60. The summed E-state index contributed by atoms with van der Waals surface area (Å²) in [5, 5.41) is 34.9. The minimum absolute atomic E-state index is 0.0166. The molecule has 6 aliphatic rings. The van der Waals surface area contributed by atoms with Crippen molar-refractivity contribution < 1.29 is 42.2 Å². The summed E-state index contributed by atoms with van der Waals surface area (Å²) in [5.74, 6) is -0.908. The number of nitrogens with one attached hydrogen (secondary N) is 3. The minimum Gasteiger partial charge on any atom is -0.492 e. The number of allylic oxidation sites excluding steroid dienone is 1. The fraction of sp³-hybridized carbons (Fsp3) is 0.426. The Morgan fingerprint density at radius 2 is 1.80 bits per heavy atom. The molecule has 0 saturated heterocycles. The van der Waals surface area contributed by atoms with E-state index in [-0.39, 0.29) is 74.5 Å². The van der Waals surface area contributed by atoms with Crippen LogP contribution >= 0.6 is 11.8 Å². The van der Waals surface area contributed by atoms with Crippen molar-refractivity contribution in [1.82, 2.24) is 30.0 Å². The monoisotopic (exact) mass is 1110 g/mol. The molecular weight excluding hydrogens is 1040 g/mol. The van der Waals surface area contributed by atoms with Crippen LogP contribution in [0, 0.1) is 58.5 Å². The molecule has 6 aromatic rings. The van der Waals surface area contributed by atoms with Crippen LogP contribution < -0.4 is 26.2 Å². The molecule has 1 amide bonds. The number of esters is 1. The van der Waals surface area contributed by atoms with Crippen molar-refractivity contribution in [1.29, 1.82) is 5.26 Å². The van der Waals surface area contributed by atoms with E-state index in [4.69, 9.17) is 13.9 Å². The number of hydrogen-bond acceptors (Lipinski definition) is 14. The maximum atomic E-state index is 14.8. The summed E-state index contributed by atoms with van der Waals surface area (Å²) in [6.07, 6.45) is 14.9. The number of thioether (sulfide) groups is 1. The minimum atomic E-state index is -1.48. The third kappa shape index (κ3) is 9.82. The Morgan fingerprint density at radius 3 is 2.52 bits per heavy atom. The summed E-state index contributed by atoms with van der Waals surface area (Å²) >= 11 is 0.879. The second-order valence-corrected chi connectivity index (χ2v) is 23.6. The Bertz CT molecular complexity index is 3500. The van der Waals surface area contributed by atoms with Gasteiger partial charge in [-0.25, -0.2) is 23.2 Å². The standard InChI is InChI=1S/C34H34FN3O5S.C27H30FN5O3/c1-32-17-20-19-37-38(23-8-6-22(35)7-9-23)26(20)16-21(32)5-10-24-25-11-12-34(31(41)44-15-13-36,33(25,2)18-27(39)29(24)32)43-30(40)28-4-3-14-42-28;1-17-21(28)15-18(25(34)31-19-7-8-19)16-22(17)33-13-11-30-24(26(33)35)32-27(9-10-27)20-5-3-4-6-23(20)36-14-12-29-2/h3-4,6-9,14,16,19,24-25,27,29,39H,5,10-12,15,17-18H2,1-2H3;3-6,11,13,15-16,19,29H,7-10,12,14H2,1-2H3,(H,30,32)(H,31,34)/t24-,25-,27-,29+,32-,33-,34-;/m0./s1. The number of aliphatic hydroxyl groups excluding tert-OH is 1. The van der Waals surface area contributed by atoms with E-state index < -0.39 is 40.0 Å². The number of likely N-dealkylation sites (N-methyl/N-ethyl adjacent to an activating group) is 1. The van der Waals surface area contributed by atoms with Gasteiger partial charge in [-0.3, -0.25) is 19.0 Å². The molecule has 80 heavy (non-hydrogen) atoms. The van der Waals surface area contributed by atoms with Crippen molar-refractivity contribution in [3.05, 3.63) is 159 Å². The van der Waals surface area contributed by atoms with Crippen LogP contribution in [0.15, 0.2) is 112 Å². The van der Waals surface area contributed by atoms with Crippen LogP contribution in [0.2, 0.25) is 0 Å². The predicted molar refractivity (Wildman–Crippen MR) is 296 cm³/mol. The number of para-hydroxylation sites is 1. The molecule has 4 N–H and O–H groups in total. The number of halogens is 2. The number of amides is 1. The SMILES string of the molecule is CNCCOc1ccccc1C1(Nc2nccn(-c3cc(C(=O)NC4CC4)cc(F)c3C)c2=O)CC1.C[C@]12Cc3cnn(-c4ccc(F)cc4)c3C=C1CC[C@@H]1[C@@H]2[C@@H](O)C[C@@]2(C)[C@H]1CC[C@]2(OC(=O)c1ccco1)C(=O)SCC#N. The molecule has 19 heteroatoms. The molecule has 3 aromatic carbocycles. The van der Waals surface area contributed by atoms with Crippen molar-refractivity contribution in [2.24, 2.45) is 28.6 Å². The molecule has 6 aliphatic carbocycles. The molecule has 0 aliphatic heterocycles. The van der Waals surface area contributed by atoms with Gasteiger partial charge in [-0.2, -0.15) is 10.4 Å². The lowest BCUT2D eigenvalue weighted by Crippen LogP contribution is -2.62. The van der Waals surface area contributed by atoms with E-state index in [0.717, 1.165) is 78.5 Å². The van der Waals surface area contributed by atoms with Gasteiger partial charge in [0.2, 0.25) is 10.9 Å². The van der Waals surface area contributed by atoms with E-state index in [2.05, 4.69) is 39.0 Å². The van der Waals surface area contributed by atoms with E-state index in [0.29, 0.717) is 44.5 Å². The molecule has 0 bridgehead atoms. The zero-order chi connectivity index (χ0) is 56.1. The van der Waals surface area contributed by atoms with Gasteiger partial charge in [-0.05, 0) is 168 Å². The number of furan rings is 1. The van der Waals surface area contributed by atoms with Gasteiger partial charge in [-0.1, -0.05) is 49.4 Å². The first kappa shape index (κ1) is 54.6. The molecule has 3 aromatic heterocycles. The van der Waals surface area contributed by atoms with Crippen LogP contribution in [-0.4, -0.2) is 85.1 Å². The highest BCUT2D eigenvalue weighted by molar-refractivity contribution is 8.14. The number of fused-ring (bicyclic) bond motifs is 6. The molecule has 16 nitrogen and oxygen atoms in total. The molecular formula is C61H64F2N8O8S. The van der Waals surface area contributed by atoms with Crippen LogP contribution in [0.3, 0.4) is 0 Å². The summed E-state index contributed by atoms with van der Waals surface area (Å²) in [5.41, 5.74) is 2.38. The van der Waals surface area contributed by atoms with E-state index in [1.807, 2.05) is 55.2 Å². The Balaban J connectivity index is 0.000000172. The Hall–Kier alpha value is -7.40. The van der Waals surface area contributed by atoms with Gasteiger partial charge in [0.1, 0.15) is 24.0 Å². The van der Waals surface area contributed by atoms with Gasteiger partial charge in [0.05, 0.1) is 53.0 Å². The van der Waals surface area contributed by atoms with Gasteiger partial charge in [0.15, 0.2) is 11.4 Å². The van der Waals surface area contributed by atoms with Gasteiger partial charge in [-0.15, -0.1) is 0 Å². The average Bonchev–Trinajstić information content (AvgIpc) is 4.48. The lowest BCUT2D eigenvalue weighted by molar-refractivity contribution is -0.175. The molecule has 416 valence electrons. The smallest absolute Gasteiger partial charge is 0.375 e. The van der Waals surface area contributed by atoms with Crippen LogP contribution in [0.1, 0.15) is 115 Å². The molecule has 12 rings (SSSR count). The second-order valence-electron chi connectivity index (χ2n) is 22.7. The quantitative estimate of drug-likeness (QED) is 0.0557. The molecule has 0 radical (unpaired) electrons. The number of aromatic nitrogens is 4. The van der Waals surface area contributed by atoms with Crippen molar-refractivity contribution >= 4 is 40.6 Å². The average molecular weight is 1110 g/mol. The van der Waals surface area contributed by atoms with Crippen LogP contribution in [0.25, 0.3) is 17.5 Å². The largest absolute Gasteiger partial charge is 0.492 e. The van der Waals surface area contributed by atoms with Crippen molar-refractivity contribution in [3.63, 3.8) is 0 Å². The van der Waals surface area contributed by atoms with Gasteiger partial charge < -0.3 is 34.9 Å². The number of nitriles is 1. The van der Waals surface area contributed by atoms with Crippen LogP contribution in [0.4, 0.5) is 14.6 Å². The Morgan fingerprint density at radius 1 is 1.01 bits per heavy atom. The summed E-state index contributed by atoms with van der Waals surface area (Å²) in [4.78, 5) is 57.6. The highest BCUT2D eigenvalue weighted by Gasteiger charge is 2.71. The Labute approximate surface area is 466 Å². The zero-order valence-corrected chi connectivity index (χ0v) is 45.9. The summed E-state index contributed by atoms with van der Waals surface area (Å²) < 4.78 is 49.0. The van der Waals surface area contributed by atoms with Gasteiger partial charge in [0, 0.05) is 47.1 Å². The van der Waals surface area contributed by atoms with Crippen molar-refractivity contribution in [2.75, 3.05) is 31.3 Å². The zero-order valence-electron chi connectivity index (χ0n) is 45.1. The number of aliphatic hydroxyl groups is 1. The van der Waals surface area contributed by atoms with Crippen LogP contribution in [0.5, 0.6) is 5.75 Å². The van der Waals surface area contributed by atoms with E-state index in [9.17, 15) is 38.3 Å². The first-order chi connectivity index (χ1) is 38.5. The highest BCUT2D eigenvalue weighted by atomic mass is 32.2. The van der Waals surface area contributed by atoms with E-state index in [1.54, 1.807) is 31.2 Å². The first-order valence-electron chi connectivity index (χ1n) is 27.4. The number of hydrogen-bond donors (Lipinski definition) is 4. The highest BCUT2D eigenvalue weighted by Crippen LogP contribution is 2.69. The number of ether oxygens (including phenoxy) is 2. The second kappa shape index (κ2) is 21.6. The number of carbonyl (C=O) groups excluding carboxylic acids is 3. The van der Waals surface area contributed by atoms with Crippen molar-refractivity contribution in [3.8, 4) is 23.2 Å². The fourth-order valence-corrected chi connectivity index (χ4v) is 14.4. The number of rotatable bonds is 15. The van der Waals surface area contributed by atoms with E-state index >= 15 is 0 Å². The molecule has 3 heterocycles. The fourth-order valence-electron chi connectivity index (χ4n) is 13.6. The third-order valence-electron chi connectivity index (χ3n) is 17.9. The maximum Gasteiger partial charge on any atom is 0.375 e. The molecule has 0 unspecified atom stereocenters. The van der Waals surface area contributed by atoms with Crippen molar-refractivity contribution in [2.45, 2.75) is 108 Å². The van der Waals surface area contributed by atoms with Gasteiger partial charge in [0.25, 0.3) is 11.5 Å². The molecule has 0 spiro atoms. The molecule has 5 saturated carbocycles. The van der Waals surface area contributed by atoms with E-state index in [1.165, 1.54) is 53.1 Å². The first-order valence-corrected chi connectivity index (χ1v) is 28.4. The molecule has 5 fully saturated rings. The number of anilines is 1. The van der Waals surface area contributed by atoms with Crippen LogP contribution in [-0.2, 0) is 21.5 Å². The topological polar surface area (TPSA) is 216 Å². The number of benzene rings is 3. The van der Waals surface area contributed by atoms with Gasteiger partial charge >= 0.3 is 5.97 Å². The predicted octanol–water partition coefficient (Wildman–Crippen LogP) is 9.41. The number of nitrogens with zero attached hydrogens (tertiary/aromatic N) is 5. The lowest BCUT2D eigenvalue weighted by atomic mass is 9.45. The maximum absolute atomic E-state index is 14.8. The molecule has 7 atom stereocenters. The Kier molecular flexibility index (Phi) is 14.7.